The highest BCUT2D eigenvalue weighted by Gasteiger charge is 2.09. The van der Waals surface area contributed by atoms with Crippen LogP contribution in [-0.4, -0.2) is 25.5 Å². The third-order valence-corrected chi connectivity index (χ3v) is 4.37. The summed E-state index contributed by atoms with van der Waals surface area (Å²) in [6, 6.07) is 9.00. The summed E-state index contributed by atoms with van der Waals surface area (Å²) in [6.45, 7) is 7.01. The SMILES string of the molecule is CC(C)C(=O)NCCCc1ccc(N2CCCCCC2)cc1. The predicted molar refractivity (Wildman–Crippen MR) is 93.3 cm³/mol. The van der Waals surface area contributed by atoms with Gasteiger partial charge in [0.25, 0.3) is 0 Å². The molecule has 0 bridgehead atoms. The average Bonchev–Trinajstić information content (AvgIpc) is 2.81. The van der Waals surface area contributed by atoms with E-state index < -0.39 is 0 Å². The van der Waals surface area contributed by atoms with E-state index >= 15 is 0 Å². The van der Waals surface area contributed by atoms with Gasteiger partial charge in [-0.2, -0.15) is 0 Å². The summed E-state index contributed by atoms with van der Waals surface area (Å²) in [4.78, 5) is 14.0. The van der Waals surface area contributed by atoms with Gasteiger partial charge in [-0.1, -0.05) is 38.8 Å². The monoisotopic (exact) mass is 302 g/mol. The van der Waals surface area contributed by atoms with Crippen LogP contribution in [0, 0.1) is 5.92 Å². The van der Waals surface area contributed by atoms with Crippen LogP contribution in [0.25, 0.3) is 0 Å². The summed E-state index contributed by atoms with van der Waals surface area (Å²) >= 11 is 0. The van der Waals surface area contributed by atoms with E-state index in [9.17, 15) is 4.79 Å². The number of benzene rings is 1. The lowest BCUT2D eigenvalue weighted by Gasteiger charge is -2.22. The van der Waals surface area contributed by atoms with Gasteiger partial charge in [-0.05, 0) is 43.4 Å². The first-order valence-corrected chi connectivity index (χ1v) is 8.78. The van der Waals surface area contributed by atoms with Gasteiger partial charge in [0.05, 0.1) is 0 Å². The maximum atomic E-state index is 11.5. The van der Waals surface area contributed by atoms with Crippen LogP contribution >= 0.6 is 0 Å². The number of hydrogen-bond donors (Lipinski definition) is 1. The molecule has 0 aliphatic carbocycles. The minimum atomic E-state index is 0.0768. The van der Waals surface area contributed by atoms with Gasteiger partial charge in [-0.15, -0.1) is 0 Å². The minimum Gasteiger partial charge on any atom is -0.372 e. The van der Waals surface area contributed by atoms with Crippen LogP contribution in [0.2, 0.25) is 0 Å². The van der Waals surface area contributed by atoms with Gasteiger partial charge in [-0.25, -0.2) is 0 Å². The average molecular weight is 302 g/mol. The third-order valence-electron chi connectivity index (χ3n) is 4.37. The smallest absolute Gasteiger partial charge is 0.222 e. The first kappa shape index (κ1) is 16.9. The van der Waals surface area contributed by atoms with Gasteiger partial charge in [0.1, 0.15) is 0 Å². The van der Waals surface area contributed by atoms with Crippen LogP contribution < -0.4 is 10.2 Å². The molecule has 0 saturated carbocycles. The molecule has 2 rings (SSSR count). The Kier molecular flexibility index (Phi) is 6.75. The van der Waals surface area contributed by atoms with Crippen molar-refractivity contribution >= 4 is 11.6 Å². The number of nitrogens with one attached hydrogen (secondary N) is 1. The standard InChI is InChI=1S/C19H30N2O/c1-16(2)19(22)20-13-7-8-17-9-11-18(12-10-17)21-14-5-3-4-6-15-21/h9-12,16H,3-8,13-15H2,1-2H3,(H,20,22). The Balaban J connectivity index is 1.75. The van der Waals surface area contributed by atoms with Gasteiger partial charge in [0.2, 0.25) is 5.91 Å². The van der Waals surface area contributed by atoms with Gasteiger partial charge in [-0.3, -0.25) is 4.79 Å². The fourth-order valence-corrected chi connectivity index (χ4v) is 2.91. The quantitative estimate of drug-likeness (QED) is 0.811. The topological polar surface area (TPSA) is 32.3 Å². The molecule has 1 aromatic carbocycles. The van der Waals surface area contributed by atoms with Gasteiger partial charge in [0, 0.05) is 31.2 Å². The van der Waals surface area contributed by atoms with Crippen molar-refractivity contribution in [1.82, 2.24) is 5.32 Å². The highest BCUT2D eigenvalue weighted by atomic mass is 16.1. The van der Waals surface area contributed by atoms with Crippen LogP contribution in [0.15, 0.2) is 24.3 Å². The minimum absolute atomic E-state index is 0.0768. The lowest BCUT2D eigenvalue weighted by molar-refractivity contribution is -0.123. The zero-order valence-corrected chi connectivity index (χ0v) is 14.1. The molecule has 3 nitrogen and oxygen atoms in total. The lowest BCUT2D eigenvalue weighted by atomic mass is 10.1. The number of aryl methyl sites for hydroxylation is 1. The van der Waals surface area contributed by atoms with E-state index in [1.54, 1.807) is 0 Å². The van der Waals surface area contributed by atoms with E-state index in [2.05, 4.69) is 34.5 Å². The molecule has 1 aliphatic rings. The number of nitrogens with zero attached hydrogens (tertiary/aromatic N) is 1. The largest absolute Gasteiger partial charge is 0.372 e. The molecule has 122 valence electrons. The van der Waals surface area contributed by atoms with E-state index in [1.807, 2.05) is 13.8 Å². The van der Waals surface area contributed by atoms with E-state index in [0.717, 1.165) is 19.4 Å². The number of anilines is 1. The van der Waals surface area contributed by atoms with Crippen LogP contribution in [0.1, 0.15) is 51.5 Å². The first-order chi connectivity index (χ1) is 10.7. The first-order valence-electron chi connectivity index (χ1n) is 8.78. The van der Waals surface area contributed by atoms with Crippen molar-refractivity contribution in [2.24, 2.45) is 5.92 Å². The highest BCUT2D eigenvalue weighted by Crippen LogP contribution is 2.20. The van der Waals surface area contributed by atoms with Crippen molar-refractivity contribution in [3.05, 3.63) is 29.8 Å². The molecule has 0 radical (unpaired) electrons. The Morgan fingerprint density at radius 3 is 2.32 bits per heavy atom. The Bertz CT molecular complexity index is 445. The molecule has 1 saturated heterocycles. The van der Waals surface area contributed by atoms with Gasteiger partial charge >= 0.3 is 0 Å². The maximum absolute atomic E-state index is 11.5. The Morgan fingerprint density at radius 1 is 1.09 bits per heavy atom. The fraction of sp³-hybridized carbons (Fsp3) is 0.632. The number of carbonyl (C=O) groups is 1. The van der Waals surface area contributed by atoms with Crippen LogP contribution in [0.4, 0.5) is 5.69 Å². The molecule has 0 unspecified atom stereocenters. The Labute approximate surface area is 135 Å². The van der Waals surface area contributed by atoms with Crippen LogP contribution in [0.3, 0.4) is 0 Å². The summed E-state index contributed by atoms with van der Waals surface area (Å²) in [5.41, 5.74) is 2.72. The number of amides is 1. The number of rotatable bonds is 6. The predicted octanol–water partition coefficient (Wildman–Crippen LogP) is 3.77. The molecule has 0 aromatic heterocycles. The molecule has 1 aliphatic heterocycles. The Morgan fingerprint density at radius 2 is 1.73 bits per heavy atom. The molecule has 0 atom stereocenters. The molecule has 3 heteroatoms. The Hall–Kier alpha value is -1.51. The maximum Gasteiger partial charge on any atom is 0.222 e. The lowest BCUT2D eigenvalue weighted by Crippen LogP contribution is -2.28. The molecule has 1 amide bonds. The number of carbonyl (C=O) groups excluding carboxylic acids is 1. The second-order valence-corrected chi connectivity index (χ2v) is 6.62. The molecule has 1 heterocycles. The second kappa shape index (κ2) is 8.82. The number of hydrogen-bond acceptors (Lipinski definition) is 2. The summed E-state index contributed by atoms with van der Waals surface area (Å²) in [7, 11) is 0. The van der Waals surface area contributed by atoms with Crippen molar-refractivity contribution in [2.75, 3.05) is 24.5 Å². The van der Waals surface area contributed by atoms with Crippen LogP contribution in [0.5, 0.6) is 0 Å². The zero-order valence-electron chi connectivity index (χ0n) is 14.1. The van der Waals surface area contributed by atoms with Crippen molar-refractivity contribution in [3.63, 3.8) is 0 Å². The molecular formula is C19H30N2O. The summed E-state index contributed by atoms with van der Waals surface area (Å²) in [6.07, 6.45) is 7.40. The third kappa shape index (κ3) is 5.36. The van der Waals surface area contributed by atoms with Gasteiger partial charge in [0.15, 0.2) is 0 Å². The summed E-state index contributed by atoms with van der Waals surface area (Å²) < 4.78 is 0. The molecule has 1 N–H and O–H groups in total. The summed E-state index contributed by atoms with van der Waals surface area (Å²) in [5, 5.41) is 2.98. The van der Waals surface area contributed by atoms with Crippen molar-refractivity contribution in [3.8, 4) is 0 Å². The zero-order chi connectivity index (χ0) is 15.8. The molecular weight excluding hydrogens is 272 g/mol. The summed E-state index contributed by atoms with van der Waals surface area (Å²) in [5.74, 6) is 0.226. The van der Waals surface area contributed by atoms with Crippen LogP contribution in [-0.2, 0) is 11.2 Å². The molecule has 0 spiro atoms. The highest BCUT2D eigenvalue weighted by molar-refractivity contribution is 5.77. The van der Waals surface area contributed by atoms with E-state index in [4.69, 9.17) is 0 Å². The van der Waals surface area contributed by atoms with Gasteiger partial charge < -0.3 is 10.2 Å². The van der Waals surface area contributed by atoms with E-state index in [1.165, 1.54) is 50.0 Å². The molecule has 1 fully saturated rings. The molecule has 22 heavy (non-hydrogen) atoms. The molecule has 1 aromatic rings. The fourth-order valence-electron chi connectivity index (χ4n) is 2.91. The van der Waals surface area contributed by atoms with Crippen molar-refractivity contribution in [1.29, 1.82) is 0 Å². The van der Waals surface area contributed by atoms with Crippen molar-refractivity contribution in [2.45, 2.75) is 52.4 Å². The normalized spacial score (nSPS) is 15.7. The van der Waals surface area contributed by atoms with Crippen molar-refractivity contribution < 1.29 is 4.79 Å². The second-order valence-electron chi connectivity index (χ2n) is 6.62. The van der Waals surface area contributed by atoms with E-state index in [0.29, 0.717) is 0 Å². The van der Waals surface area contributed by atoms with E-state index in [-0.39, 0.29) is 11.8 Å².